The molecule has 0 spiro atoms. The summed E-state index contributed by atoms with van der Waals surface area (Å²) in [4.78, 5) is 14.1. The van der Waals surface area contributed by atoms with Crippen molar-refractivity contribution in [2.75, 3.05) is 18.5 Å². The van der Waals surface area contributed by atoms with Gasteiger partial charge in [0.05, 0.1) is 0 Å². The Bertz CT molecular complexity index is 539. The quantitative estimate of drug-likeness (QED) is 0.851. The third-order valence-electron chi connectivity index (χ3n) is 3.64. The molecule has 2 aromatic rings. The first-order valence-electron chi connectivity index (χ1n) is 7.22. The van der Waals surface area contributed by atoms with E-state index in [0.29, 0.717) is 13.0 Å². The van der Waals surface area contributed by atoms with E-state index in [2.05, 4.69) is 47.8 Å². The molecule has 0 bridgehead atoms. The van der Waals surface area contributed by atoms with Crippen molar-refractivity contribution in [3.63, 3.8) is 0 Å². The molecule has 0 saturated heterocycles. The zero-order valence-corrected chi connectivity index (χ0v) is 13.4. The van der Waals surface area contributed by atoms with E-state index in [4.69, 9.17) is 0 Å². The molecule has 1 aromatic carbocycles. The summed E-state index contributed by atoms with van der Waals surface area (Å²) >= 11 is 1.67. The summed E-state index contributed by atoms with van der Waals surface area (Å²) in [5, 5.41) is 7.16. The molecular weight excluding hydrogens is 280 g/mol. The van der Waals surface area contributed by atoms with Crippen LogP contribution in [0.3, 0.4) is 0 Å². The lowest BCUT2D eigenvalue weighted by molar-refractivity contribution is -0.121. The van der Waals surface area contributed by atoms with Gasteiger partial charge in [0, 0.05) is 31.7 Å². The van der Waals surface area contributed by atoms with Crippen LogP contribution in [-0.2, 0) is 11.2 Å². The van der Waals surface area contributed by atoms with Gasteiger partial charge in [-0.25, -0.2) is 0 Å². The third kappa shape index (κ3) is 4.90. The van der Waals surface area contributed by atoms with Gasteiger partial charge in [0.1, 0.15) is 0 Å². The Kier molecular flexibility index (Phi) is 5.81. The monoisotopic (exact) mass is 302 g/mol. The molecule has 3 nitrogen and oxygen atoms in total. The number of hydrogen-bond donors (Lipinski definition) is 1. The number of anilines is 1. The molecule has 1 N–H and O–H groups in total. The van der Waals surface area contributed by atoms with E-state index in [0.717, 1.165) is 12.1 Å². The molecule has 1 atom stereocenters. The maximum atomic E-state index is 11.9. The Hall–Kier alpha value is -1.81. The van der Waals surface area contributed by atoms with Crippen LogP contribution in [0.2, 0.25) is 0 Å². The smallest absolute Gasteiger partial charge is 0.220 e. The Morgan fingerprint density at radius 2 is 2.05 bits per heavy atom. The van der Waals surface area contributed by atoms with E-state index in [1.54, 1.807) is 11.3 Å². The van der Waals surface area contributed by atoms with Crippen molar-refractivity contribution in [3.8, 4) is 0 Å². The number of nitrogens with zero attached hydrogens (tertiary/aromatic N) is 1. The summed E-state index contributed by atoms with van der Waals surface area (Å²) in [6.45, 7) is 2.78. The van der Waals surface area contributed by atoms with Crippen LogP contribution in [0.5, 0.6) is 0 Å². The molecule has 0 aliphatic heterocycles. The zero-order valence-electron chi connectivity index (χ0n) is 12.6. The fourth-order valence-corrected chi connectivity index (χ4v) is 2.80. The Balaban J connectivity index is 1.73. The molecule has 1 aromatic heterocycles. The second-order valence-corrected chi connectivity index (χ2v) is 6.01. The number of para-hydroxylation sites is 1. The molecule has 2 rings (SSSR count). The Labute approximate surface area is 130 Å². The predicted molar refractivity (Wildman–Crippen MR) is 90.0 cm³/mol. The standard InChI is InChI=1S/C17H22N2OS/c1-14(19(2)16-6-4-3-5-7-16)12-18-17(20)9-8-15-10-11-21-13-15/h3-7,10-11,13-14H,8-9,12H2,1-2H3,(H,18,20)/t14-/m1/s1. The summed E-state index contributed by atoms with van der Waals surface area (Å²) < 4.78 is 0. The van der Waals surface area contributed by atoms with Gasteiger partial charge in [-0.3, -0.25) is 4.79 Å². The summed E-state index contributed by atoms with van der Waals surface area (Å²) in [5.41, 5.74) is 2.40. The van der Waals surface area contributed by atoms with Gasteiger partial charge in [0.15, 0.2) is 0 Å². The first-order chi connectivity index (χ1) is 10.2. The molecule has 21 heavy (non-hydrogen) atoms. The number of rotatable bonds is 7. The van der Waals surface area contributed by atoms with Gasteiger partial charge < -0.3 is 10.2 Å². The van der Waals surface area contributed by atoms with Crippen molar-refractivity contribution < 1.29 is 4.79 Å². The number of thiophene rings is 1. The predicted octanol–water partition coefficient (Wildman–Crippen LogP) is 3.32. The van der Waals surface area contributed by atoms with Crippen LogP contribution in [0.1, 0.15) is 18.9 Å². The normalized spacial score (nSPS) is 11.9. The second-order valence-electron chi connectivity index (χ2n) is 5.23. The zero-order chi connectivity index (χ0) is 15.1. The average Bonchev–Trinajstić information content (AvgIpc) is 3.04. The molecule has 0 fully saturated rings. The fourth-order valence-electron chi connectivity index (χ4n) is 2.10. The lowest BCUT2D eigenvalue weighted by Gasteiger charge is -2.27. The van der Waals surface area contributed by atoms with Crippen molar-refractivity contribution in [1.29, 1.82) is 0 Å². The van der Waals surface area contributed by atoms with E-state index in [1.165, 1.54) is 5.56 Å². The molecule has 1 amide bonds. The van der Waals surface area contributed by atoms with Crippen LogP contribution < -0.4 is 10.2 Å². The maximum Gasteiger partial charge on any atom is 0.220 e. The van der Waals surface area contributed by atoms with Crippen LogP contribution in [0.15, 0.2) is 47.2 Å². The van der Waals surface area contributed by atoms with Gasteiger partial charge in [-0.05, 0) is 47.9 Å². The number of aryl methyl sites for hydroxylation is 1. The van der Waals surface area contributed by atoms with Gasteiger partial charge in [-0.1, -0.05) is 18.2 Å². The van der Waals surface area contributed by atoms with Gasteiger partial charge in [-0.2, -0.15) is 11.3 Å². The number of carbonyl (C=O) groups is 1. The van der Waals surface area contributed by atoms with Crippen molar-refractivity contribution in [2.45, 2.75) is 25.8 Å². The van der Waals surface area contributed by atoms with Crippen molar-refractivity contribution in [2.24, 2.45) is 0 Å². The second kappa shape index (κ2) is 7.84. The van der Waals surface area contributed by atoms with Crippen molar-refractivity contribution in [1.82, 2.24) is 5.32 Å². The van der Waals surface area contributed by atoms with Crippen molar-refractivity contribution in [3.05, 3.63) is 52.7 Å². The van der Waals surface area contributed by atoms with Crippen molar-refractivity contribution >= 4 is 22.9 Å². The lowest BCUT2D eigenvalue weighted by Crippen LogP contribution is -2.40. The fraction of sp³-hybridized carbons (Fsp3) is 0.353. The van der Waals surface area contributed by atoms with E-state index < -0.39 is 0 Å². The molecule has 0 aliphatic rings. The largest absolute Gasteiger partial charge is 0.370 e. The van der Waals surface area contributed by atoms with Gasteiger partial charge in [-0.15, -0.1) is 0 Å². The highest BCUT2D eigenvalue weighted by Crippen LogP contribution is 2.13. The molecule has 4 heteroatoms. The van der Waals surface area contributed by atoms with Crippen LogP contribution in [0.4, 0.5) is 5.69 Å². The van der Waals surface area contributed by atoms with E-state index >= 15 is 0 Å². The summed E-state index contributed by atoms with van der Waals surface area (Å²) in [5.74, 6) is 0.120. The summed E-state index contributed by atoms with van der Waals surface area (Å²) in [7, 11) is 2.05. The van der Waals surface area contributed by atoms with Crippen LogP contribution >= 0.6 is 11.3 Å². The number of likely N-dealkylation sites (N-methyl/N-ethyl adjacent to an activating group) is 1. The van der Waals surface area contributed by atoms with Crippen LogP contribution in [-0.4, -0.2) is 25.5 Å². The third-order valence-corrected chi connectivity index (χ3v) is 4.37. The molecule has 0 radical (unpaired) electrons. The number of hydrogen-bond acceptors (Lipinski definition) is 3. The van der Waals surface area contributed by atoms with Crippen LogP contribution in [0, 0.1) is 0 Å². The number of nitrogens with one attached hydrogen (secondary N) is 1. The average molecular weight is 302 g/mol. The van der Waals surface area contributed by atoms with E-state index in [1.807, 2.05) is 23.6 Å². The number of carbonyl (C=O) groups excluding carboxylic acids is 1. The topological polar surface area (TPSA) is 32.3 Å². The molecule has 0 aliphatic carbocycles. The number of benzene rings is 1. The molecule has 112 valence electrons. The molecule has 0 saturated carbocycles. The van der Waals surface area contributed by atoms with Gasteiger partial charge in [0.2, 0.25) is 5.91 Å². The summed E-state index contributed by atoms with van der Waals surface area (Å²) in [6.07, 6.45) is 1.37. The maximum absolute atomic E-state index is 11.9. The minimum atomic E-state index is 0.120. The molecule has 0 unspecified atom stereocenters. The Morgan fingerprint density at radius 3 is 2.71 bits per heavy atom. The van der Waals surface area contributed by atoms with Crippen LogP contribution in [0.25, 0.3) is 0 Å². The van der Waals surface area contributed by atoms with Gasteiger partial charge >= 0.3 is 0 Å². The van der Waals surface area contributed by atoms with Gasteiger partial charge in [0.25, 0.3) is 0 Å². The minimum absolute atomic E-state index is 0.120. The highest BCUT2D eigenvalue weighted by Gasteiger charge is 2.11. The van der Waals surface area contributed by atoms with E-state index in [-0.39, 0.29) is 11.9 Å². The SMILES string of the molecule is C[C@H](CNC(=O)CCc1ccsc1)N(C)c1ccccc1. The minimum Gasteiger partial charge on any atom is -0.370 e. The first kappa shape index (κ1) is 15.6. The van der Waals surface area contributed by atoms with E-state index in [9.17, 15) is 4.79 Å². The highest BCUT2D eigenvalue weighted by molar-refractivity contribution is 7.07. The lowest BCUT2D eigenvalue weighted by atomic mass is 10.2. The number of amides is 1. The molecule has 1 heterocycles. The molecular formula is C17H22N2OS. The first-order valence-corrected chi connectivity index (χ1v) is 8.16. The Morgan fingerprint density at radius 1 is 1.29 bits per heavy atom. The highest BCUT2D eigenvalue weighted by atomic mass is 32.1. The summed E-state index contributed by atoms with van der Waals surface area (Å²) in [6, 6.07) is 12.6.